The lowest BCUT2D eigenvalue weighted by molar-refractivity contribution is 0.0942. The maximum Gasteiger partial charge on any atom is 0.255 e. The predicted molar refractivity (Wildman–Crippen MR) is 48.9 cm³/mol. The fraction of sp³-hybridized carbons (Fsp3) is 0.300. The highest BCUT2D eigenvalue weighted by Crippen LogP contribution is 2.19. The van der Waals surface area contributed by atoms with E-state index in [-0.39, 0.29) is 11.9 Å². The van der Waals surface area contributed by atoms with Crippen molar-refractivity contribution in [2.45, 2.75) is 13.0 Å². The number of rotatable bonds is 0. The van der Waals surface area contributed by atoms with Gasteiger partial charge >= 0.3 is 0 Å². The van der Waals surface area contributed by atoms with Crippen LogP contribution in [0.2, 0.25) is 0 Å². The number of nitrogens with one attached hydrogen (secondary N) is 1. The second-order valence-corrected chi connectivity index (χ2v) is 3.18. The molecule has 0 aliphatic carbocycles. The van der Waals surface area contributed by atoms with E-state index in [0.29, 0.717) is 17.9 Å². The standard InChI is InChI=1S/C10H11NO2/c1-7-6-13-9-5-3-2-4-8(9)10(12)11-7/h2-5,7H,6H2,1H3,(H,11,12)/t7-/m1/s1. The van der Waals surface area contributed by atoms with Gasteiger partial charge in [-0.05, 0) is 19.1 Å². The first kappa shape index (κ1) is 8.10. The molecule has 1 aromatic carbocycles. The average molecular weight is 177 g/mol. The molecule has 1 aromatic rings. The molecule has 1 aliphatic rings. The van der Waals surface area contributed by atoms with Gasteiger partial charge < -0.3 is 10.1 Å². The number of amides is 1. The van der Waals surface area contributed by atoms with Crippen LogP contribution in [-0.2, 0) is 0 Å². The SMILES string of the molecule is C[C@@H]1COc2ccccc2C(=O)N1. The monoisotopic (exact) mass is 177 g/mol. The molecular formula is C10H11NO2. The third-order valence-corrected chi connectivity index (χ3v) is 2.00. The first-order chi connectivity index (χ1) is 6.27. The second kappa shape index (κ2) is 3.09. The summed E-state index contributed by atoms with van der Waals surface area (Å²) in [7, 11) is 0. The van der Waals surface area contributed by atoms with E-state index in [9.17, 15) is 4.79 Å². The number of hydrogen-bond acceptors (Lipinski definition) is 2. The quantitative estimate of drug-likeness (QED) is 0.646. The van der Waals surface area contributed by atoms with Crippen LogP contribution < -0.4 is 10.1 Å². The Kier molecular flexibility index (Phi) is 1.93. The van der Waals surface area contributed by atoms with Crippen molar-refractivity contribution in [2.75, 3.05) is 6.61 Å². The van der Waals surface area contributed by atoms with Crippen LogP contribution in [0.4, 0.5) is 0 Å². The van der Waals surface area contributed by atoms with Gasteiger partial charge in [0.15, 0.2) is 0 Å². The van der Waals surface area contributed by atoms with E-state index in [0.717, 1.165) is 0 Å². The molecule has 3 nitrogen and oxygen atoms in total. The summed E-state index contributed by atoms with van der Waals surface area (Å²) < 4.78 is 5.45. The summed E-state index contributed by atoms with van der Waals surface area (Å²) in [6.45, 7) is 2.45. The Balaban J connectivity index is 2.40. The molecule has 13 heavy (non-hydrogen) atoms. The van der Waals surface area contributed by atoms with Crippen LogP contribution in [0, 0.1) is 0 Å². The third kappa shape index (κ3) is 1.49. The minimum Gasteiger partial charge on any atom is -0.491 e. The molecule has 0 unspecified atom stereocenters. The smallest absolute Gasteiger partial charge is 0.255 e. The van der Waals surface area contributed by atoms with E-state index in [1.54, 1.807) is 6.07 Å². The number of hydrogen-bond donors (Lipinski definition) is 1. The number of fused-ring (bicyclic) bond motifs is 1. The van der Waals surface area contributed by atoms with Crippen molar-refractivity contribution in [3.63, 3.8) is 0 Å². The zero-order valence-electron chi connectivity index (χ0n) is 7.41. The van der Waals surface area contributed by atoms with Crippen molar-refractivity contribution >= 4 is 5.91 Å². The highest BCUT2D eigenvalue weighted by Gasteiger charge is 2.18. The van der Waals surface area contributed by atoms with Crippen LogP contribution in [0.15, 0.2) is 24.3 Å². The first-order valence-corrected chi connectivity index (χ1v) is 4.30. The summed E-state index contributed by atoms with van der Waals surface area (Å²) in [5, 5.41) is 2.83. The average Bonchev–Trinajstić information content (AvgIpc) is 2.27. The number of carbonyl (C=O) groups is 1. The highest BCUT2D eigenvalue weighted by atomic mass is 16.5. The topological polar surface area (TPSA) is 38.3 Å². The molecule has 1 heterocycles. The number of ether oxygens (including phenoxy) is 1. The van der Waals surface area contributed by atoms with Crippen molar-refractivity contribution < 1.29 is 9.53 Å². The summed E-state index contributed by atoms with van der Waals surface area (Å²) in [4.78, 5) is 11.5. The Morgan fingerprint density at radius 1 is 1.46 bits per heavy atom. The van der Waals surface area contributed by atoms with Gasteiger partial charge in [-0.2, -0.15) is 0 Å². The second-order valence-electron chi connectivity index (χ2n) is 3.18. The Labute approximate surface area is 76.7 Å². The minimum absolute atomic E-state index is 0.0550. The van der Waals surface area contributed by atoms with Gasteiger partial charge in [-0.15, -0.1) is 0 Å². The molecule has 0 saturated heterocycles. The normalized spacial score (nSPS) is 21.0. The Bertz CT molecular complexity index is 335. The molecule has 1 aliphatic heterocycles. The fourth-order valence-corrected chi connectivity index (χ4v) is 1.34. The molecule has 3 heteroatoms. The molecule has 1 amide bonds. The van der Waals surface area contributed by atoms with Crippen molar-refractivity contribution in [1.82, 2.24) is 5.32 Å². The van der Waals surface area contributed by atoms with Gasteiger partial charge in [-0.3, -0.25) is 4.79 Å². The lowest BCUT2D eigenvalue weighted by Crippen LogP contribution is -2.33. The molecule has 0 aromatic heterocycles. The largest absolute Gasteiger partial charge is 0.491 e. The van der Waals surface area contributed by atoms with Gasteiger partial charge in [-0.1, -0.05) is 12.1 Å². The van der Waals surface area contributed by atoms with Crippen molar-refractivity contribution in [3.05, 3.63) is 29.8 Å². The molecule has 0 bridgehead atoms. The molecule has 0 radical (unpaired) electrons. The fourth-order valence-electron chi connectivity index (χ4n) is 1.34. The lowest BCUT2D eigenvalue weighted by atomic mass is 10.2. The van der Waals surface area contributed by atoms with Crippen LogP contribution in [-0.4, -0.2) is 18.6 Å². The molecule has 0 fully saturated rings. The van der Waals surface area contributed by atoms with E-state index in [1.807, 2.05) is 25.1 Å². The lowest BCUT2D eigenvalue weighted by Gasteiger charge is -2.07. The third-order valence-electron chi connectivity index (χ3n) is 2.00. The van der Waals surface area contributed by atoms with Gasteiger partial charge in [0.05, 0.1) is 11.6 Å². The van der Waals surface area contributed by atoms with Crippen LogP contribution >= 0.6 is 0 Å². The first-order valence-electron chi connectivity index (χ1n) is 4.30. The Hall–Kier alpha value is -1.51. The van der Waals surface area contributed by atoms with Crippen LogP contribution in [0.25, 0.3) is 0 Å². The van der Waals surface area contributed by atoms with E-state index in [4.69, 9.17) is 4.74 Å². The predicted octanol–water partition coefficient (Wildman–Crippen LogP) is 1.20. The van der Waals surface area contributed by atoms with Crippen molar-refractivity contribution in [2.24, 2.45) is 0 Å². The molecule has 68 valence electrons. The maximum atomic E-state index is 11.5. The van der Waals surface area contributed by atoms with Crippen LogP contribution in [0.5, 0.6) is 5.75 Å². The summed E-state index contributed by atoms with van der Waals surface area (Å²) >= 11 is 0. The molecule has 2 rings (SSSR count). The van der Waals surface area contributed by atoms with E-state index in [2.05, 4.69) is 5.32 Å². The Morgan fingerprint density at radius 2 is 2.23 bits per heavy atom. The highest BCUT2D eigenvalue weighted by molar-refractivity contribution is 5.97. The van der Waals surface area contributed by atoms with E-state index >= 15 is 0 Å². The summed E-state index contributed by atoms with van der Waals surface area (Å²) in [5.74, 6) is 0.616. The maximum absolute atomic E-state index is 11.5. The van der Waals surface area contributed by atoms with E-state index < -0.39 is 0 Å². The zero-order valence-corrected chi connectivity index (χ0v) is 7.41. The minimum atomic E-state index is -0.0550. The summed E-state index contributed by atoms with van der Waals surface area (Å²) in [6.07, 6.45) is 0. The number of benzene rings is 1. The van der Waals surface area contributed by atoms with Gasteiger partial charge in [0.25, 0.3) is 5.91 Å². The van der Waals surface area contributed by atoms with Gasteiger partial charge in [0.1, 0.15) is 12.4 Å². The summed E-state index contributed by atoms with van der Waals surface area (Å²) in [5.41, 5.74) is 0.617. The summed E-state index contributed by atoms with van der Waals surface area (Å²) in [6, 6.07) is 7.34. The van der Waals surface area contributed by atoms with E-state index in [1.165, 1.54) is 0 Å². The Morgan fingerprint density at radius 3 is 3.08 bits per heavy atom. The molecule has 1 N–H and O–H groups in total. The van der Waals surface area contributed by atoms with Gasteiger partial charge in [0, 0.05) is 0 Å². The number of para-hydroxylation sites is 1. The van der Waals surface area contributed by atoms with Gasteiger partial charge in [-0.25, -0.2) is 0 Å². The molecule has 0 saturated carbocycles. The zero-order chi connectivity index (χ0) is 9.26. The van der Waals surface area contributed by atoms with Crippen LogP contribution in [0.1, 0.15) is 17.3 Å². The van der Waals surface area contributed by atoms with Gasteiger partial charge in [0.2, 0.25) is 0 Å². The van der Waals surface area contributed by atoms with Crippen molar-refractivity contribution in [1.29, 1.82) is 0 Å². The molecule has 1 atom stereocenters. The molecular weight excluding hydrogens is 166 g/mol. The van der Waals surface area contributed by atoms with Crippen LogP contribution in [0.3, 0.4) is 0 Å². The molecule has 0 spiro atoms. The number of carbonyl (C=O) groups excluding carboxylic acids is 1. The van der Waals surface area contributed by atoms with Crippen molar-refractivity contribution in [3.8, 4) is 5.75 Å².